The first-order chi connectivity index (χ1) is 8.79. The molecule has 2 rings (SSSR count). The van der Waals surface area contributed by atoms with Crippen LogP contribution in [0.2, 0.25) is 0 Å². The van der Waals surface area contributed by atoms with Gasteiger partial charge < -0.3 is 15.0 Å². The highest BCUT2D eigenvalue weighted by atomic mass is 16.5. The van der Waals surface area contributed by atoms with E-state index in [9.17, 15) is 4.79 Å². The topological polar surface area (TPSA) is 41.6 Å². The van der Waals surface area contributed by atoms with E-state index in [1.807, 2.05) is 4.90 Å². The maximum absolute atomic E-state index is 12.2. The van der Waals surface area contributed by atoms with Crippen molar-refractivity contribution in [2.75, 3.05) is 26.8 Å². The number of piperidine rings is 1. The minimum Gasteiger partial charge on any atom is -0.384 e. The third-order valence-corrected chi connectivity index (χ3v) is 4.14. The van der Waals surface area contributed by atoms with E-state index in [2.05, 4.69) is 5.32 Å². The zero-order valence-corrected chi connectivity index (χ0v) is 11.5. The summed E-state index contributed by atoms with van der Waals surface area (Å²) in [6.07, 6.45) is 8.44. The number of carbonyl (C=O) groups excluding carboxylic acids is 1. The minimum absolute atomic E-state index is 0.141. The third kappa shape index (κ3) is 3.87. The average Bonchev–Trinajstić information content (AvgIpc) is 2.40. The van der Waals surface area contributed by atoms with Crippen LogP contribution in [0.25, 0.3) is 0 Å². The van der Waals surface area contributed by atoms with Gasteiger partial charge >= 0.3 is 6.03 Å². The van der Waals surface area contributed by atoms with E-state index in [-0.39, 0.29) is 6.03 Å². The van der Waals surface area contributed by atoms with Crippen molar-refractivity contribution in [3.8, 4) is 0 Å². The fourth-order valence-electron chi connectivity index (χ4n) is 3.13. The molecule has 1 aliphatic carbocycles. The first kappa shape index (κ1) is 13.7. The summed E-state index contributed by atoms with van der Waals surface area (Å²) >= 11 is 0. The van der Waals surface area contributed by atoms with Crippen molar-refractivity contribution >= 4 is 6.03 Å². The molecule has 2 fully saturated rings. The van der Waals surface area contributed by atoms with Crippen LogP contribution >= 0.6 is 0 Å². The molecule has 0 radical (unpaired) electrons. The molecular weight excluding hydrogens is 228 g/mol. The lowest BCUT2D eigenvalue weighted by molar-refractivity contribution is 0.0990. The van der Waals surface area contributed by atoms with Crippen molar-refractivity contribution in [2.45, 2.75) is 51.0 Å². The SMILES string of the molecule is COC[C@H]1CCCN(C(=O)NC2CCCCC2)C1. The van der Waals surface area contributed by atoms with E-state index in [0.717, 1.165) is 39.0 Å². The normalized spacial score (nSPS) is 26.1. The second kappa shape index (κ2) is 6.98. The molecule has 1 aliphatic heterocycles. The van der Waals surface area contributed by atoms with Crippen molar-refractivity contribution in [1.29, 1.82) is 0 Å². The van der Waals surface area contributed by atoms with Crippen LogP contribution in [0.5, 0.6) is 0 Å². The number of hydrogen-bond acceptors (Lipinski definition) is 2. The Morgan fingerprint density at radius 2 is 2.00 bits per heavy atom. The Morgan fingerprint density at radius 3 is 2.72 bits per heavy atom. The fourth-order valence-corrected chi connectivity index (χ4v) is 3.13. The van der Waals surface area contributed by atoms with Crippen LogP contribution in [0.4, 0.5) is 4.79 Å². The van der Waals surface area contributed by atoms with Gasteiger partial charge in [-0.25, -0.2) is 4.79 Å². The van der Waals surface area contributed by atoms with Crippen LogP contribution in [0.1, 0.15) is 44.9 Å². The Hall–Kier alpha value is -0.770. The molecule has 104 valence electrons. The average molecular weight is 254 g/mol. The molecule has 0 aromatic carbocycles. The number of amides is 2. The molecule has 0 spiro atoms. The number of hydrogen-bond donors (Lipinski definition) is 1. The highest BCUT2D eigenvalue weighted by Gasteiger charge is 2.25. The Labute approximate surface area is 110 Å². The molecule has 1 saturated heterocycles. The number of carbonyl (C=O) groups is 1. The summed E-state index contributed by atoms with van der Waals surface area (Å²) in [5, 5.41) is 3.20. The number of nitrogens with one attached hydrogen (secondary N) is 1. The summed E-state index contributed by atoms with van der Waals surface area (Å²) in [6.45, 7) is 2.53. The molecule has 18 heavy (non-hydrogen) atoms. The first-order valence-electron chi connectivity index (χ1n) is 7.34. The Balaban J connectivity index is 1.76. The van der Waals surface area contributed by atoms with Gasteiger partial charge in [0.25, 0.3) is 0 Å². The maximum atomic E-state index is 12.2. The van der Waals surface area contributed by atoms with Crippen molar-refractivity contribution in [3.63, 3.8) is 0 Å². The van der Waals surface area contributed by atoms with Crippen LogP contribution in [0.3, 0.4) is 0 Å². The summed E-state index contributed by atoms with van der Waals surface area (Å²) in [5.41, 5.74) is 0. The molecule has 2 amide bonds. The van der Waals surface area contributed by atoms with E-state index in [0.29, 0.717) is 12.0 Å². The monoisotopic (exact) mass is 254 g/mol. The Bertz CT molecular complexity index is 263. The van der Waals surface area contributed by atoms with Crippen molar-refractivity contribution in [2.24, 2.45) is 5.92 Å². The van der Waals surface area contributed by atoms with Gasteiger partial charge in [0.1, 0.15) is 0 Å². The van der Waals surface area contributed by atoms with Crippen LogP contribution in [-0.2, 0) is 4.74 Å². The van der Waals surface area contributed by atoms with Gasteiger partial charge in [-0.3, -0.25) is 0 Å². The number of methoxy groups -OCH3 is 1. The molecule has 0 aromatic rings. The Kier molecular flexibility index (Phi) is 5.29. The molecule has 2 aliphatic rings. The third-order valence-electron chi connectivity index (χ3n) is 4.14. The Morgan fingerprint density at radius 1 is 1.22 bits per heavy atom. The second-order valence-electron chi connectivity index (χ2n) is 5.69. The lowest BCUT2D eigenvalue weighted by Crippen LogP contribution is -2.49. The number of urea groups is 1. The largest absolute Gasteiger partial charge is 0.384 e. The van der Waals surface area contributed by atoms with Crippen LogP contribution in [0, 0.1) is 5.92 Å². The van der Waals surface area contributed by atoms with Crippen LogP contribution in [-0.4, -0.2) is 43.8 Å². The molecule has 0 aromatic heterocycles. The van der Waals surface area contributed by atoms with Crippen LogP contribution in [0.15, 0.2) is 0 Å². The second-order valence-corrected chi connectivity index (χ2v) is 5.69. The van der Waals surface area contributed by atoms with Gasteiger partial charge in [0, 0.05) is 32.2 Å². The first-order valence-corrected chi connectivity index (χ1v) is 7.34. The van der Waals surface area contributed by atoms with Crippen molar-refractivity contribution in [1.82, 2.24) is 10.2 Å². The fraction of sp³-hybridized carbons (Fsp3) is 0.929. The molecule has 0 bridgehead atoms. The smallest absolute Gasteiger partial charge is 0.317 e. The lowest BCUT2D eigenvalue weighted by Gasteiger charge is -2.34. The molecule has 4 nitrogen and oxygen atoms in total. The number of ether oxygens (including phenoxy) is 1. The lowest BCUT2D eigenvalue weighted by atomic mass is 9.95. The van der Waals surface area contributed by atoms with E-state index in [1.165, 1.54) is 25.7 Å². The van der Waals surface area contributed by atoms with Gasteiger partial charge in [-0.1, -0.05) is 19.3 Å². The summed E-state index contributed by atoms with van der Waals surface area (Å²) < 4.78 is 5.20. The highest BCUT2D eigenvalue weighted by Crippen LogP contribution is 2.19. The quantitative estimate of drug-likeness (QED) is 0.840. The predicted octanol–water partition coefficient (Wildman–Crippen LogP) is 2.39. The molecule has 0 unspecified atom stereocenters. The molecule has 1 saturated carbocycles. The zero-order chi connectivity index (χ0) is 12.8. The van der Waals surface area contributed by atoms with Crippen molar-refractivity contribution < 1.29 is 9.53 Å². The number of likely N-dealkylation sites (tertiary alicyclic amines) is 1. The summed E-state index contributed by atoms with van der Waals surface area (Å²) in [6, 6.07) is 0.553. The number of rotatable bonds is 3. The molecule has 1 atom stereocenters. The molecule has 4 heteroatoms. The van der Waals surface area contributed by atoms with Gasteiger partial charge in [-0.15, -0.1) is 0 Å². The molecular formula is C14H26N2O2. The zero-order valence-electron chi connectivity index (χ0n) is 11.5. The molecule has 1 N–H and O–H groups in total. The summed E-state index contributed by atoms with van der Waals surface area (Å²) in [5.74, 6) is 0.515. The van der Waals surface area contributed by atoms with Gasteiger partial charge in [0.2, 0.25) is 0 Å². The van der Waals surface area contributed by atoms with E-state index < -0.39 is 0 Å². The standard InChI is InChI=1S/C14H26N2O2/c1-18-11-12-6-5-9-16(10-12)14(17)15-13-7-3-2-4-8-13/h12-13H,2-11H2,1H3,(H,15,17)/t12-/m0/s1. The van der Waals surface area contributed by atoms with Gasteiger partial charge in [-0.2, -0.15) is 0 Å². The molecule has 1 heterocycles. The van der Waals surface area contributed by atoms with E-state index in [4.69, 9.17) is 4.74 Å². The highest BCUT2D eigenvalue weighted by molar-refractivity contribution is 5.74. The number of nitrogens with zero attached hydrogens (tertiary/aromatic N) is 1. The van der Waals surface area contributed by atoms with E-state index >= 15 is 0 Å². The predicted molar refractivity (Wildman–Crippen MR) is 71.6 cm³/mol. The van der Waals surface area contributed by atoms with Gasteiger partial charge in [-0.05, 0) is 25.7 Å². The minimum atomic E-state index is 0.141. The van der Waals surface area contributed by atoms with Gasteiger partial charge in [0.05, 0.1) is 6.61 Å². The summed E-state index contributed by atoms with van der Waals surface area (Å²) in [4.78, 5) is 14.2. The maximum Gasteiger partial charge on any atom is 0.317 e. The van der Waals surface area contributed by atoms with Crippen molar-refractivity contribution in [3.05, 3.63) is 0 Å². The van der Waals surface area contributed by atoms with Gasteiger partial charge in [0.15, 0.2) is 0 Å². The van der Waals surface area contributed by atoms with Crippen LogP contribution < -0.4 is 5.32 Å². The summed E-state index contributed by atoms with van der Waals surface area (Å²) in [7, 11) is 1.74. The van der Waals surface area contributed by atoms with E-state index in [1.54, 1.807) is 7.11 Å².